The van der Waals surface area contributed by atoms with Gasteiger partial charge >= 0.3 is 0 Å². The van der Waals surface area contributed by atoms with Gasteiger partial charge in [0.25, 0.3) is 0 Å². The first-order valence-corrected chi connectivity index (χ1v) is 6.16. The number of carbonyl (C=O) groups is 1. The van der Waals surface area contributed by atoms with Gasteiger partial charge in [-0.2, -0.15) is 0 Å². The van der Waals surface area contributed by atoms with Gasteiger partial charge in [-0.25, -0.2) is 0 Å². The van der Waals surface area contributed by atoms with Crippen LogP contribution in [-0.4, -0.2) is 31.2 Å². The van der Waals surface area contributed by atoms with Crippen LogP contribution in [0.4, 0.5) is 0 Å². The molecule has 1 aliphatic heterocycles. The van der Waals surface area contributed by atoms with Crippen LogP contribution in [0, 0.1) is 11.3 Å². The van der Waals surface area contributed by atoms with Crippen LogP contribution in [0.1, 0.15) is 33.1 Å². The van der Waals surface area contributed by atoms with Gasteiger partial charge in [0.2, 0.25) is 5.91 Å². The van der Waals surface area contributed by atoms with E-state index >= 15 is 0 Å². The first-order chi connectivity index (χ1) is 7.53. The molecule has 0 aromatic heterocycles. The quantitative estimate of drug-likeness (QED) is 0.797. The SMILES string of the molecule is CC1(C)CC1CNC(=O)[C@@H]1CC[C@H](CN)O1.Cl. The minimum Gasteiger partial charge on any atom is -0.364 e. The topological polar surface area (TPSA) is 64.4 Å². The molecule has 1 amide bonds. The van der Waals surface area contributed by atoms with Crippen LogP contribution in [0.2, 0.25) is 0 Å². The maximum Gasteiger partial charge on any atom is 0.249 e. The van der Waals surface area contributed by atoms with Gasteiger partial charge in [0.05, 0.1) is 6.10 Å². The lowest BCUT2D eigenvalue weighted by molar-refractivity contribution is -0.131. The highest BCUT2D eigenvalue weighted by Gasteiger charge is 2.45. The molecule has 0 spiro atoms. The van der Waals surface area contributed by atoms with Crippen LogP contribution >= 0.6 is 12.4 Å². The summed E-state index contributed by atoms with van der Waals surface area (Å²) in [5.74, 6) is 0.682. The number of hydrogen-bond donors (Lipinski definition) is 2. The van der Waals surface area contributed by atoms with E-state index in [1.807, 2.05) is 0 Å². The van der Waals surface area contributed by atoms with Gasteiger partial charge in [-0.15, -0.1) is 12.4 Å². The maximum absolute atomic E-state index is 11.8. The number of nitrogens with two attached hydrogens (primary N) is 1. The minimum absolute atomic E-state index is 0. The Morgan fingerprint density at radius 1 is 1.47 bits per heavy atom. The molecule has 1 heterocycles. The summed E-state index contributed by atoms with van der Waals surface area (Å²) in [5.41, 5.74) is 5.93. The number of carbonyl (C=O) groups excluding carboxylic acids is 1. The number of hydrogen-bond acceptors (Lipinski definition) is 3. The molecule has 17 heavy (non-hydrogen) atoms. The second-order valence-corrected chi connectivity index (χ2v) is 5.69. The molecule has 0 radical (unpaired) electrons. The van der Waals surface area contributed by atoms with Crippen LogP contribution in [-0.2, 0) is 9.53 Å². The van der Waals surface area contributed by atoms with Gasteiger partial charge < -0.3 is 15.8 Å². The summed E-state index contributed by atoms with van der Waals surface area (Å²) in [6.45, 7) is 5.78. The summed E-state index contributed by atoms with van der Waals surface area (Å²) in [5, 5.41) is 2.98. The normalized spacial score (nSPS) is 33.9. The van der Waals surface area contributed by atoms with Gasteiger partial charge in [0, 0.05) is 13.1 Å². The van der Waals surface area contributed by atoms with Gasteiger partial charge in [-0.3, -0.25) is 4.79 Å². The third-order valence-corrected chi connectivity index (χ3v) is 3.90. The number of nitrogens with one attached hydrogen (secondary N) is 1. The summed E-state index contributed by atoms with van der Waals surface area (Å²) >= 11 is 0. The van der Waals surface area contributed by atoms with Crippen molar-refractivity contribution in [3.8, 4) is 0 Å². The molecule has 3 N–H and O–H groups in total. The average Bonchev–Trinajstić information content (AvgIpc) is 2.69. The van der Waals surface area contributed by atoms with E-state index in [4.69, 9.17) is 10.5 Å². The summed E-state index contributed by atoms with van der Waals surface area (Å²) in [6.07, 6.45) is 2.73. The lowest BCUT2D eigenvalue weighted by Gasteiger charge is -2.13. The summed E-state index contributed by atoms with van der Waals surface area (Å²) in [6, 6.07) is 0. The molecule has 1 saturated heterocycles. The summed E-state index contributed by atoms with van der Waals surface area (Å²) in [4.78, 5) is 11.8. The van der Waals surface area contributed by atoms with E-state index in [1.165, 1.54) is 6.42 Å². The van der Waals surface area contributed by atoms with Crippen LogP contribution in [0.25, 0.3) is 0 Å². The van der Waals surface area contributed by atoms with Crippen molar-refractivity contribution < 1.29 is 9.53 Å². The van der Waals surface area contributed by atoms with Crippen molar-refractivity contribution in [3.05, 3.63) is 0 Å². The van der Waals surface area contributed by atoms with Crippen molar-refractivity contribution in [2.24, 2.45) is 17.1 Å². The molecule has 4 nitrogen and oxygen atoms in total. The van der Waals surface area contributed by atoms with E-state index in [0.29, 0.717) is 17.9 Å². The maximum atomic E-state index is 11.8. The molecule has 100 valence electrons. The van der Waals surface area contributed by atoms with Gasteiger partial charge in [0.1, 0.15) is 6.10 Å². The van der Waals surface area contributed by atoms with Gasteiger partial charge in [-0.05, 0) is 30.6 Å². The Morgan fingerprint density at radius 2 is 2.12 bits per heavy atom. The van der Waals surface area contributed by atoms with Crippen molar-refractivity contribution in [3.63, 3.8) is 0 Å². The van der Waals surface area contributed by atoms with Crippen LogP contribution in [0.3, 0.4) is 0 Å². The van der Waals surface area contributed by atoms with Crippen LogP contribution in [0.5, 0.6) is 0 Å². The van der Waals surface area contributed by atoms with Gasteiger partial charge in [0.15, 0.2) is 0 Å². The average molecular weight is 263 g/mol. The van der Waals surface area contributed by atoms with E-state index in [0.717, 1.165) is 19.4 Å². The molecule has 2 fully saturated rings. The number of ether oxygens (including phenoxy) is 1. The fourth-order valence-electron chi connectivity index (χ4n) is 2.33. The third kappa shape index (κ3) is 3.57. The first kappa shape index (κ1) is 14.7. The molecule has 0 aromatic rings. The lowest BCUT2D eigenvalue weighted by Crippen LogP contribution is -2.36. The Balaban J connectivity index is 0.00000144. The third-order valence-electron chi connectivity index (χ3n) is 3.90. The van der Waals surface area contributed by atoms with Crippen molar-refractivity contribution >= 4 is 18.3 Å². The Labute approximate surface area is 109 Å². The predicted octanol–water partition coefficient (Wildman–Crippen LogP) is 1.08. The van der Waals surface area contributed by atoms with Crippen LogP contribution in [0.15, 0.2) is 0 Å². The van der Waals surface area contributed by atoms with E-state index in [9.17, 15) is 4.79 Å². The molecule has 0 bridgehead atoms. The fourth-order valence-corrected chi connectivity index (χ4v) is 2.33. The molecule has 1 aliphatic carbocycles. The van der Waals surface area contributed by atoms with E-state index in [-0.39, 0.29) is 30.5 Å². The largest absolute Gasteiger partial charge is 0.364 e. The zero-order valence-corrected chi connectivity index (χ0v) is 11.4. The second-order valence-electron chi connectivity index (χ2n) is 5.69. The van der Waals surface area contributed by atoms with Crippen molar-refractivity contribution in [2.75, 3.05) is 13.1 Å². The van der Waals surface area contributed by atoms with Crippen molar-refractivity contribution in [1.82, 2.24) is 5.32 Å². The van der Waals surface area contributed by atoms with E-state index < -0.39 is 0 Å². The van der Waals surface area contributed by atoms with Crippen molar-refractivity contribution in [1.29, 1.82) is 0 Å². The first-order valence-electron chi connectivity index (χ1n) is 6.16. The summed E-state index contributed by atoms with van der Waals surface area (Å²) in [7, 11) is 0. The fraction of sp³-hybridized carbons (Fsp3) is 0.917. The highest BCUT2D eigenvalue weighted by molar-refractivity contribution is 5.85. The van der Waals surface area contributed by atoms with Gasteiger partial charge in [-0.1, -0.05) is 13.8 Å². The molecule has 2 rings (SSSR count). The Morgan fingerprint density at radius 3 is 2.59 bits per heavy atom. The molecule has 1 saturated carbocycles. The van der Waals surface area contributed by atoms with Crippen molar-refractivity contribution in [2.45, 2.75) is 45.3 Å². The standard InChI is InChI=1S/C12H22N2O2.ClH/c1-12(2)5-8(12)7-14-11(15)10-4-3-9(6-13)16-10;/h8-10H,3-7,13H2,1-2H3,(H,14,15);1H/t8?,9-,10+;/m1./s1. The minimum atomic E-state index is -0.268. The number of halogens is 1. The highest BCUT2D eigenvalue weighted by Crippen LogP contribution is 2.50. The zero-order valence-electron chi connectivity index (χ0n) is 10.6. The molecule has 3 atom stereocenters. The Kier molecular flexibility index (Phi) is 4.81. The lowest BCUT2D eigenvalue weighted by atomic mass is 10.1. The van der Waals surface area contributed by atoms with E-state index in [2.05, 4.69) is 19.2 Å². The Hall–Kier alpha value is -0.320. The van der Waals surface area contributed by atoms with Crippen LogP contribution < -0.4 is 11.1 Å². The molecule has 2 aliphatic rings. The summed E-state index contributed by atoms with van der Waals surface area (Å²) < 4.78 is 5.54. The highest BCUT2D eigenvalue weighted by atomic mass is 35.5. The zero-order chi connectivity index (χ0) is 11.8. The molecule has 0 aromatic carbocycles. The molecular formula is C12H23ClN2O2. The predicted molar refractivity (Wildman–Crippen MR) is 69.1 cm³/mol. The second kappa shape index (κ2) is 5.55. The molecular weight excluding hydrogens is 240 g/mol. The number of rotatable bonds is 4. The molecule has 1 unspecified atom stereocenters. The monoisotopic (exact) mass is 262 g/mol. The Bertz CT molecular complexity index is 284. The molecule has 5 heteroatoms. The van der Waals surface area contributed by atoms with E-state index in [1.54, 1.807) is 0 Å². The number of amides is 1. The smallest absolute Gasteiger partial charge is 0.249 e.